The van der Waals surface area contributed by atoms with Crippen LogP contribution in [-0.4, -0.2) is 86.9 Å². The number of nitrogens with one attached hydrogen (secondary N) is 2. The third-order valence-corrected chi connectivity index (χ3v) is 12.0. The van der Waals surface area contributed by atoms with Crippen molar-refractivity contribution in [2.75, 3.05) is 6.61 Å². The number of allylic oxidation sites excluding steroid dienone is 1. The van der Waals surface area contributed by atoms with E-state index in [0.717, 1.165) is 18.4 Å². The van der Waals surface area contributed by atoms with Crippen LogP contribution in [0.15, 0.2) is 11.6 Å². The predicted molar refractivity (Wildman–Crippen MR) is 173 cm³/mol. The van der Waals surface area contributed by atoms with Crippen molar-refractivity contribution in [2.24, 2.45) is 40.2 Å². The monoisotopic (exact) mass is 689 g/mol. The number of esters is 1. The van der Waals surface area contributed by atoms with Crippen LogP contribution >= 0.6 is 0 Å². The average molecular weight is 690 g/mol. The molecule has 4 rings (SSSR count). The lowest BCUT2D eigenvalue weighted by molar-refractivity contribution is -0.184. The fourth-order valence-electron chi connectivity index (χ4n) is 9.29. The molecule has 3 fully saturated rings. The second-order valence-electron chi connectivity index (χ2n) is 15.3. The highest BCUT2D eigenvalue weighted by Gasteiger charge is 2.68. The molecule has 14 heteroatoms. The Morgan fingerprint density at radius 1 is 1.02 bits per heavy atom. The molecule has 9 atom stereocenters. The van der Waals surface area contributed by atoms with Gasteiger partial charge in [-0.25, -0.2) is 4.79 Å². The fraction of sp³-hybridized carbons (Fsp3) is 0.743. The molecule has 0 unspecified atom stereocenters. The molecule has 0 bridgehead atoms. The van der Waals surface area contributed by atoms with Crippen LogP contribution in [0, 0.1) is 34.5 Å². The number of fused-ring (bicyclic) bond motifs is 5. The van der Waals surface area contributed by atoms with Gasteiger partial charge in [0.25, 0.3) is 0 Å². The molecular formula is C35H51N3O11. The molecule has 49 heavy (non-hydrogen) atoms. The molecular weight excluding hydrogens is 638 g/mol. The zero-order valence-corrected chi connectivity index (χ0v) is 28.8. The first kappa shape index (κ1) is 38.2. The average Bonchev–Trinajstić information content (AvgIpc) is 3.29. The van der Waals surface area contributed by atoms with Crippen LogP contribution in [-0.2, 0) is 38.3 Å². The second-order valence-corrected chi connectivity index (χ2v) is 15.3. The van der Waals surface area contributed by atoms with Gasteiger partial charge in [0.2, 0.25) is 23.5 Å². The van der Waals surface area contributed by atoms with E-state index in [2.05, 4.69) is 17.6 Å². The molecule has 3 saturated carbocycles. The van der Waals surface area contributed by atoms with Crippen molar-refractivity contribution < 1.29 is 53.6 Å². The first-order chi connectivity index (χ1) is 22.8. The van der Waals surface area contributed by atoms with Gasteiger partial charge in [-0.2, -0.15) is 0 Å². The smallest absolute Gasteiger partial charge is 0.326 e. The Labute approximate surface area is 286 Å². The number of ether oxygens (including phenoxy) is 1. The number of carbonyl (C=O) groups excluding carboxylic acids is 6. The standard InChI is InChI=1S/C35H51N3O11/c1-18(2)30(31(45)37-23(32(46)47)7-8-26(36)42)38-27(43)9-10-28(44)49-17-25(41)35(48)14-12-22-21-6-5-19-15-20(39)11-13-33(19,3)29(21)24(40)16-34(22,35)4/h15,18,21-24,29-30,40,48H,5-14,16-17H2,1-4H3,(H2,36,42)(H,37,45)(H,38,43)(H,46,47)/t21-,22-,23+,24+,29+,30-,33-,34-,35-/m0/s1. The maximum Gasteiger partial charge on any atom is 0.326 e. The van der Waals surface area contributed by atoms with Gasteiger partial charge in [0.05, 0.1) is 12.5 Å². The van der Waals surface area contributed by atoms with Crippen LogP contribution < -0.4 is 16.4 Å². The summed E-state index contributed by atoms with van der Waals surface area (Å²) >= 11 is 0. The van der Waals surface area contributed by atoms with Gasteiger partial charge in [0.1, 0.15) is 17.7 Å². The van der Waals surface area contributed by atoms with Gasteiger partial charge in [-0.1, -0.05) is 33.3 Å². The molecule has 0 saturated heterocycles. The molecule has 14 nitrogen and oxygen atoms in total. The van der Waals surface area contributed by atoms with Crippen LogP contribution in [0.5, 0.6) is 0 Å². The molecule has 4 aliphatic rings. The summed E-state index contributed by atoms with van der Waals surface area (Å²) in [5, 5.41) is 37.6. The van der Waals surface area contributed by atoms with Crippen molar-refractivity contribution in [3.63, 3.8) is 0 Å². The second kappa shape index (κ2) is 14.7. The lowest BCUT2D eigenvalue weighted by Gasteiger charge is -2.60. The number of carboxylic acids is 1. The molecule has 0 radical (unpaired) electrons. The fourth-order valence-corrected chi connectivity index (χ4v) is 9.29. The summed E-state index contributed by atoms with van der Waals surface area (Å²) in [5.74, 6) is -5.46. The topological polar surface area (TPSA) is 239 Å². The minimum atomic E-state index is -1.82. The number of carboxylic acid groups (broad SMARTS) is 1. The van der Waals surface area contributed by atoms with Crippen molar-refractivity contribution in [2.45, 2.75) is 122 Å². The van der Waals surface area contributed by atoms with Gasteiger partial charge in [-0.15, -0.1) is 0 Å². The van der Waals surface area contributed by atoms with Gasteiger partial charge in [-0.3, -0.25) is 28.8 Å². The zero-order chi connectivity index (χ0) is 36.5. The Hall–Kier alpha value is -3.65. The summed E-state index contributed by atoms with van der Waals surface area (Å²) in [6.07, 6.45) is 3.24. The Morgan fingerprint density at radius 2 is 1.71 bits per heavy atom. The number of nitrogens with two attached hydrogens (primary N) is 1. The third kappa shape index (κ3) is 7.59. The Balaban J connectivity index is 1.31. The highest BCUT2D eigenvalue weighted by atomic mass is 16.5. The summed E-state index contributed by atoms with van der Waals surface area (Å²) in [6.45, 7) is 6.53. The molecule has 0 aromatic heterocycles. The Bertz CT molecular complexity index is 1410. The van der Waals surface area contributed by atoms with E-state index < -0.39 is 83.6 Å². The predicted octanol–water partition coefficient (Wildman–Crippen LogP) is 1.09. The zero-order valence-electron chi connectivity index (χ0n) is 28.8. The van der Waals surface area contributed by atoms with Crippen LogP contribution in [0.1, 0.15) is 98.3 Å². The highest BCUT2D eigenvalue weighted by Crippen LogP contribution is 2.67. The SMILES string of the molecule is CC(C)[C@H](NC(=O)CCC(=O)OCC(=O)[C@@]1(O)CC[C@H]2[C@@H]3CCC4=CC(=O)CC[C@]4(C)[C@H]3[C@H](O)C[C@@]21C)C(=O)N[C@H](CCC(N)=O)C(=O)O. The maximum atomic E-state index is 13.5. The van der Waals surface area contributed by atoms with E-state index >= 15 is 0 Å². The number of aliphatic carboxylic acids is 1. The van der Waals surface area contributed by atoms with E-state index in [1.807, 2.05) is 6.92 Å². The number of ketones is 2. The summed E-state index contributed by atoms with van der Waals surface area (Å²) in [4.78, 5) is 86.2. The first-order valence-corrected chi connectivity index (χ1v) is 17.3. The molecule has 3 amide bonds. The molecule has 0 aliphatic heterocycles. The van der Waals surface area contributed by atoms with Gasteiger partial charge >= 0.3 is 11.9 Å². The summed E-state index contributed by atoms with van der Waals surface area (Å²) < 4.78 is 5.20. The number of Topliss-reactive ketones (excluding diaryl/α,β-unsaturated/α-hetero) is 1. The molecule has 0 aromatic rings. The van der Waals surface area contributed by atoms with Gasteiger partial charge in [-0.05, 0) is 80.1 Å². The van der Waals surface area contributed by atoms with Gasteiger partial charge in [0.15, 0.2) is 12.4 Å². The number of amides is 3. The number of carbonyl (C=O) groups is 7. The largest absolute Gasteiger partial charge is 0.480 e. The normalized spacial score (nSPS) is 33.2. The molecule has 4 aliphatic carbocycles. The van der Waals surface area contributed by atoms with Crippen molar-refractivity contribution in [1.29, 1.82) is 0 Å². The van der Waals surface area contributed by atoms with Crippen molar-refractivity contribution in [3.8, 4) is 0 Å². The van der Waals surface area contributed by atoms with Crippen LogP contribution in [0.2, 0.25) is 0 Å². The Morgan fingerprint density at radius 3 is 2.35 bits per heavy atom. The van der Waals surface area contributed by atoms with Crippen LogP contribution in [0.4, 0.5) is 0 Å². The lowest BCUT2D eigenvalue weighted by atomic mass is 9.45. The van der Waals surface area contributed by atoms with Gasteiger partial charge < -0.3 is 36.4 Å². The van der Waals surface area contributed by atoms with Crippen molar-refractivity contribution >= 4 is 41.2 Å². The lowest BCUT2D eigenvalue weighted by Crippen LogP contribution is -2.62. The number of aliphatic hydroxyl groups is 2. The quantitative estimate of drug-likeness (QED) is 0.141. The number of aliphatic hydroxyl groups excluding tert-OH is 1. The van der Waals surface area contributed by atoms with E-state index in [1.165, 1.54) is 0 Å². The summed E-state index contributed by atoms with van der Waals surface area (Å²) in [7, 11) is 0. The number of rotatable bonds is 14. The van der Waals surface area contributed by atoms with E-state index in [4.69, 9.17) is 10.5 Å². The molecule has 272 valence electrons. The van der Waals surface area contributed by atoms with Crippen LogP contribution in [0.25, 0.3) is 0 Å². The van der Waals surface area contributed by atoms with Crippen molar-refractivity contribution in [1.82, 2.24) is 10.6 Å². The summed E-state index contributed by atoms with van der Waals surface area (Å²) in [6, 6.07) is -2.53. The molecule has 7 N–H and O–H groups in total. The molecule has 0 aromatic carbocycles. The van der Waals surface area contributed by atoms with E-state index in [1.54, 1.807) is 19.9 Å². The van der Waals surface area contributed by atoms with E-state index in [-0.39, 0.29) is 61.1 Å². The molecule has 0 heterocycles. The third-order valence-electron chi connectivity index (χ3n) is 12.0. The van der Waals surface area contributed by atoms with Crippen molar-refractivity contribution in [3.05, 3.63) is 11.6 Å². The summed E-state index contributed by atoms with van der Waals surface area (Å²) in [5.41, 5.74) is 3.10. The number of hydrogen-bond donors (Lipinski definition) is 6. The first-order valence-electron chi connectivity index (χ1n) is 17.3. The minimum absolute atomic E-state index is 0.0368. The number of primary amides is 1. The maximum absolute atomic E-state index is 13.5. The molecule has 0 spiro atoms. The van der Waals surface area contributed by atoms with E-state index in [0.29, 0.717) is 19.3 Å². The van der Waals surface area contributed by atoms with Gasteiger partial charge in [0, 0.05) is 24.7 Å². The van der Waals surface area contributed by atoms with Crippen LogP contribution in [0.3, 0.4) is 0 Å². The minimum Gasteiger partial charge on any atom is -0.480 e. The number of hydrogen-bond acceptors (Lipinski definition) is 10. The van der Waals surface area contributed by atoms with E-state index in [9.17, 15) is 48.9 Å². The Kier molecular flexibility index (Phi) is 11.4. The highest BCUT2D eigenvalue weighted by molar-refractivity contribution is 5.93.